The number of nitrogens with zero attached hydrogens (tertiary/aromatic N) is 1. The molecule has 1 aliphatic heterocycles. The summed E-state index contributed by atoms with van der Waals surface area (Å²) >= 11 is 0. The van der Waals surface area contributed by atoms with Crippen LogP contribution in [0.4, 0.5) is 0 Å². The van der Waals surface area contributed by atoms with Crippen molar-refractivity contribution in [2.75, 3.05) is 13.7 Å². The fourth-order valence-electron chi connectivity index (χ4n) is 3.08. The molecule has 0 radical (unpaired) electrons. The van der Waals surface area contributed by atoms with Crippen LogP contribution in [0.15, 0.2) is 41.0 Å². The maximum atomic E-state index is 12.7. The predicted octanol–water partition coefficient (Wildman–Crippen LogP) is 3.43. The molecule has 0 saturated heterocycles. The number of hydrogen-bond acceptors (Lipinski definition) is 6. The lowest BCUT2D eigenvalue weighted by Gasteiger charge is -2.28. The van der Waals surface area contributed by atoms with E-state index in [4.69, 9.17) is 19.9 Å². The molecular weight excluding hydrogens is 332 g/mol. The summed E-state index contributed by atoms with van der Waals surface area (Å²) in [6.45, 7) is 5.85. The van der Waals surface area contributed by atoms with Crippen LogP contribution in [-0.4, -0.2) is 19.7 Å². The first kappa shape index (κ1) is 19.4. The highest BCUT2D eigenvalue weighted by atomic mass is 16.5. The van der Waals surface area contributed by atoms with E-state index in [2.05, 4.69) is 6.07 Å². The van der Waals surface area contributed by atoms with Crippen molar-refractivity contribution < 1.29 is 19.0 Å². The van der Waals surface area contributed by atoms with E-state index in [9.17, 15) is 10.1 Å². The lowest BCUT2D eigenvalue weighted by atomic mass is 9.82. The van der Waals surface area contributed by atoms with Crippen LogP contribution in [0.25, 0.3) is 0 Å². The van der Waals surface area contributed by atoms with E-state index in [1.165, 1.54) is 0 Å². The zero-order chi connectivity index (χ0) is 19.3. The third-order valence-corrected chi connectivity index (χ3v) is 4.22. The Hall–Kier alpha value is -2.94. The Balaban J connectivity index is 2.67. The van der Waals surface area contributed by atoms with E-state index in [0.29, 0.717) is 17.8 Å². The van der Waals surface area contributed by atoms with Crippen LogP contribution >= 0.6 is 0 Å². The molecule has 1 aromatic rings. The van der Waals surface area contributed by atoms with Gasteiger partial charge in [-0.05, 0) is 37.5 Å². The third kappa shape index (κ3) is 3.67. The fourth-order valence-corrected chi connectivity index (χ4v) is 3.08. The second-order valence-corrected chi connectivity index (χ2v) is 5.96. The summed E-state index contributed by atoms with van der Waals surface area (Å²) in [7, 11) is 1.60. The van der Waals surface area contributed by atoms with Crippen molar-refractivity contribution in [2.24, 2.45) is 5.73 Å². The van der Waals surface area contributed by atoms with Gasteiger partial charge in [-0.25, -0.2) is 4.79 Å². The highest BCUT2D eigenvalue weighted by molar-refractivity contribution is 5.92. The van der Waals surface area contributed by atoms with Gasteiger partial charge in [-0.15, -0.1) is 0 Å². The summed E-state index contributed by atoms with van der Waals surface area (Å²) < 4.78 is 16.2. The van der Waals surface area contributed by atoms with Crippen molar-refractivity contribution in [3.8, 4) is 11.8 Å². The number of rotatable bonds is 6. The van der Waals surface area contributed by atoms with Gasteiger partial charge in [0.2, 0.25) is 5.88 Å². The van der Waals surface area contributed by atoms with Crippen LogP contribution in [-0.2, 0) is 14.3 Å². The van der Waals surface area contributed by atoms with E-state index < -0.39 is 11.9 Å². The molecule has 1 atom stereocenters. The number of carbonyl (C=O) groups excluding carboxylic acids is 1. The van der Waals surface area contributed by atoms with Crippen LogP contribution < -0.4 is 10.5 Å². The van der Waals surface area contributed by atoms with Crippen molar-refractivity contribution in [3.05, 3.63) is 52.1 Å². The number of allylic oxidation sites excluding steroid dienone is 2. The van der Waals surface area contributed by atoms with Gasteiger partial charge in [0.15, 0.2) is 0 Å². The zero-order valence-electron chi connectivity index (χ0n) is 15.6. The summed E-state index contributed by atoms with van der Waals surface area (Å²) in [6.07, 6.45) is 1.29. The number of esters is 1. The van der Waals surface area contributed by atoms with Crippen molar-refractivity contribution in [3.63, 3.8) is 0 Å². The predicted molar refractivity (Wildman–Crippen MR) is 97.0 cm³/mol. The Labute approximate surface area is 153 Å². The minimum absolute atomic E-state index is 0.0301. The van der Waals surface area contributed by atoms with Crippen molar-refractivity contribution in [2.45, 2.75) is 39.5 Å². The Kier molecular flexibility index (Phi) is 6.29. The smallest absolute Gasteiger partial charge is 0.338 e. The standard InChI is InChI=1S/C20H24N2O4/c1-5-7-16-18(20(23)25-6-2)17(14(11-21)19(22)26-16)13-8-9-15(24-4)12(3)10-13/h8-10,17H,5-7,22H2,1-4H3/t17-/m0/s1. The molecule has 1 aromatic carbocycles. The molecule has 0 saturated carbocycles. The van der Waals surface area contributed by atoms with Crippen molar-refractivity contribution >= 4 is 5.97 Å². The van der Waals surface area contributed by atoms with Gasteiger partial charge in [0.25, 0.3) is 0 Å². The number of hydrogen-bond donors (Lipinski definition) is 1. The highest BCUT2D eigenvalue weighted by Gasteiger charge is 2.37. The average molecular weight is 356 g/mol. The lowest BCUT2D eigenvalue weighted by molar-refractivity contribution is -0.139. The van der Waals surface area contributed by atoms with Gasteiger partial charge in [-0.2, -0.15) is 5.26 Å². The molecule has 0 aromatic heterocycles. The number of benzene rings is 1. The fraction of sp³-hybridized carbons (Fsp3) is 0.400. The summed E-state index contributed by atoms with van der Waals surface area (Å²) in [5.41, 5.74) is 8.20. The SMILES string of the molecule is CCCC1=C(C(=O)OCC)[C@@H](c2ccc(OC)c(C)c2)C(C#N)=C(N)O1. The first-order valence-electron chi connectivity index (χ1n) is 8.60. The second kappa shape index (κ2) is 8.43. The third-order valence-electron chi connectivity index (χ3n) is 4.22. The van der Waals surface area contributed by atoms with Crippen LogP contribution in [0.1, 0.15) is 43.7 Å². The Morgan fingerprint density at radius 1 is 1.38 bits per heavy atom. The molecule has 0 fully saturated rings. The van der Waals surface area contributed by atoms with Gasteiger partial charge in [-0.3, -0.25) is 0 Å². The van der Waals surface area contributed by atoms with E-state index in [1.807, 2.05) is 32.0 Å². The molecule has 26 heavy (non-hydrogen) atoms. The van der Waals surface area contributed by atoms with E-state index in [-0.39, 0.29) is 18.1 Å². The molecule has 1 heterocycles. The number of nitrogens with two attached hydrogens (primary N) is 1. The van der Waals surface area contributed by atoms with Crippen molar-refractivity contribution in [1.82, 2.24) is 0 Å². The van der Waals surface area contributed by atoms with Gasteiger partial charge in [0.05, 0.1) is 25.2 Å². The highest BCUT2D eigenvalue weighted by Crippen LogP contribution is 2.41. The molecule has 0 amide bonds. The Morgan fingerprint density at radius 3 is 2.65 bits per heavy atom. The Bertz CT molecular complexity index is 803. The molecular formula is C20H24N2O4. The molecule has 2 N–H and O–H groups in total. The number of aryl methyl sites for hydroxylation is 1. The molecule has 1 aliphatic rings. The summed E-state index contributed by atoms with van der Waals surface area (Å²) in [5.74, 6) is 0.101. The van der Waals surface area contributed by atoms with Gasteiger partial charge in [0, 0.05) is 6.42 Å². The quantitative estimate of drug-likeness (QED) is 0.785. The normalized spacial score (nSPS) is 16.8. The van der Waals surface area contributed by atoms with Crippen LogP contribution in [0.2, 0.25) is 0 Å². The number of ether oxygens (including phenoxy) is 3. The van der Waals surface area contributed by atoms with Gasteiger partial charge in [0.1, 0.15) is 23.2 Å². The van der Waals surface area contributed by atoms with Gasteiger partial charge in [-0.1, -0.05) is 19.1 Å². The topological polar surface area (TPSA) is 94.6 Å². The molecule has 2 rings (SSSR count). The van der Waals surface area contributed by atoms with Crippen LogP contribution in [0.3, 0.4) is 0 Å². The van der Waals surface area contributed by atoms with Gasteiger partial charge < -0.3 is 19.9 Å². The lowest BCUT2D eigenvalue weighted by Crippen LogP contribution is -2.26. The average Bonchev–Trinajstić information content (AvgIpc) is 2.61. The second-order valence-electron chi connectivity index (χ2n) is 5.96. The zero-order valence-corrected chi connectivity index (χ0v) is 15.6. The number of nitriles is 1. The molecule has 6 heteroatoms. The minimum Gasteiger partial charge on any atom is -0.496 e. The molecule has 0 spiro atoms. The van der Waals surface area contributed by atoms with Crippen LogP contribution in [0, 0.1) is 18.3 Å². The first-order valence-corrected chi connectivity index (χ1v) is 8.60. The van der Waals surface area contributed by atoms with E-state index in [1.54, 1.807) is 14.0 Å². The van der Waals surface area contributed by atoms with Crippen LogP contribution in [0.5, 0.6) is 5.75 Å². The van der Waals surface area contributed by atoms with Gasteiger partial charge >= 0.3 is 5.97 Å². The molecule has 6 nitrogen and oxygen atoms in total. The maximum Gasteiger partial charge on any atom is 0.338 e. The number of carbonyl (C=O) groups is 1. The molecule has 0 unspecified atom stereocenters. The van der Waals surface area contributed by atoms with E-state index >= 15 is 0 Å². The van der Waals surface area contributed by atoms with E-state index in [0.717, 1.165) is 23.3 Å². The first-order chi connectivity index (χ1) is 12.5. The minimum atomic E-state index is -0.626. The Morgan fingerprint density at radius 2 is 2.12 bits per heavy atom. The monoisotopic (exact) mass is 356 g/mol. The molecule has 0 aliphatic carbocycles. The summed E-state index contributed by atoms with van der Waals surface area (Å²) in [4.78, 5) is 12.7. The van der Waals surface area contributed by atoms with Crippen molar-refractivity contribution in [1.29, 1.82) is 5.26 Å². The maximum absolute atomic E-state index is 12.7. The summed E-state index contributed by atoms with van der Waals surface area (Å²) in [6, 6.07) is 7.63. The molecule has 138 valence electrons. The largest absolute Gasteiger partial charge is 0.496 e. The molecule has 0 bridgehead atoms. The number of methoxy groups -OCH3 is 1. The summed E-state index contributed by atoms with van der Waals surface area (Å²) in [5, 5.41) is 9.64.